The number of hydrogen-bond acceptors (Lipinski definition) is 5. The number of aliphatic hydroxyl groups is 1. The molecule has 3 aliphatic carbocycles. The molecule has 0 amide bonds. The van der Waals surface area contributed by atoms with Gasteiger partial charge in [0.15, 0.2) is 0 Å². The second-order valence-electron chi connectivity index (χ2n) is 8.89. The first-order valence-electron chi connectivity index (χ1n) is 9.48. The average molecular weight is 348 g/mol. The summed E-state index contributed by atoms with van der Waals surface area (Å²) in [6.45, 7) is 4.46. The number of rotatable bonds is 1. The molecule has 6 atom stereocenters. The lowest BCUT2D eigenvalue weighted by Gasteiger charge is -2.61. The van der Waals surface area contributed by atoms with E-state index in [0.29, 0.717) is 37.4 Å². The molecule has 0 unspecified atom stereocenters. The van der Waals surface area contributed by atoms with Crippen LogP contribution in [0, 0.1) is 28.6 Å². The van der Waals surface area contributed by atoms with E-state index in [1.54, 1.807) is 7.11 Å². The minimum Gasteiger partial charge on any atom is -0.512 e. The zero-order valence-electron chi connectivity index (χ0n) is 15.3. The summed E-state index contributed by atoms with van der Waals surface area (Å²) in [5.41, 5.74) is -0.585. The maximum Gasteiger partial charge on any atom is 0.338 e. The molecule has 5 heteroatoms. The van der Waals surface area contributed by atoms with Crippen molar-refractivity contribution in [3.8, 4) is 0 Å². The third-order valence-electron chi connectivity index (χ3n) is 7.67. The van der Waals surface area contributed by atoms with Crippen LogP contribution in [0.1, 0.15) is 52.4 Å². The Labute approximate surface area is 148 Å². The average Bonchev–Trinajstić information content (AvgIpc) is 2.53. The lowest BCUT2D eigenvalue weighted by molar-refractivity contribution is -0.171. The Balaban J connectivity index is 1.84. The van der Waals surface area contributed by atoms with Crippen molar-refractivity contribution < 1.29 is 24.2 Å². The third kappa shape index (κ3) is 2.17. The van der Waals surface area contributed by atoms with Gasteiger partial charge in [-0.1, -0.05) is 20.3 Å². The number of cyclic esters (lactones) is 1. The highest BCUT2D eigenvalue weighted by molar-refractivity contribution is 5.95. The summed E-state index contributed by atoms with van der Waals surface area (Å²) in [6.07, 6.45) is 4.80. The van der Waals surface area contributed by atoms with E-state index in [1.807, 2.05) is 6.92 Å². The predicted molar refractivity (Wildman–Crippen MR) is 90.8 cm³/mol. The molecule has 138 valence electrons. The highest BCUT2D eigenvalue weighted by atomic mass is 16.5. The van der Waals surface area contributed by atoms with Crippen molar-refractivity contribution in [3.63, 3.8) is 0 Å². The number of carbonyl (C=O) groups is 2. The Bertz CT molecular complexity index is 652. The van der Waals surface area contributed by atoms with E-state index < -0.39 is 11.4 Å². The van der Waals surface area contributed by atoms with E-state index in [4.69, 9.17) is 9.47 Å². The van der Waals surface area contributed by atoms with Crippen molar-refractivity contribution in [2.24, 2.45) is 28.6 Å². The van der Waals surface area contributed by atoms with Crippen molar-refractivity contribution in [3.05, 3.63) is 11.3 Å². The molecule has 0 bridgehead atoms. The fraction of sp³-hybridized carbons (Fsp3) is 0.800. The Hall–Kier alpha value is -1.36. The van der Waals surface area contributed by atoms with Crippen molar-refractivity contribution >= 4 is 11.8 Å². The van der Waals surface area contributed by atoms with Crippen molar-refractivity contribution in [2.75, 3.05) is 13.7 Å². The van der Waals surface area contributed by atoms with E-state index in [2.05, 4.69) is 6.92 Å². The maximum absolute atomic E-state index is 13.3. The topological polar surface area (TPSA) is 72.8 Å². The second-order valence-corrected chi connectivity index (χ2v) is 8.89. The molecule has 2 saturated carbocycles. The SMILES string of the molecule is CO[C@H]1CCC[C@H]2[C@H]1CC(=O)[C@@H]1[C@]2(C)CC(O)=C2C(=O)OCC[C@]21C. The van der Waals surface area contributed by atoms with Gasteiger partial charge < -0.3 is 14.6 Å². The Kier molecular flexibility index (Phi) is 3.80. The Morgan fingerprint density at radius 1 is 1.24 bits per heavy atom. The number of methoxy groups -OCH3 is 1. The highest BCUT2D eigenvalue weighted by Gasteiger charge is 2.65. The van der Waals surface area contributed by atoms with E-state index in [-0.39, 0.29) is 34.9 Å². The van der Waals surface area contributed by atoms with Crippen LogP contribution in [-0.4, -0.2) is 36.7 Å². The molecule has 3 fully saturated rings. The fourth-order valence-corrected chi connectivity index (χ4v) is 6.83. The van der Waals surface area contributed by atoms with Crippen molar-refractivity contribution in [1.29, 1.82) is 0 Å². The lowest BCUT2D eigenvalue weighted by atomic mass is 9.43. The van der Waals surface area contributed by atoms with Gasteiger partial charge in [0.2, 0.25) is 0 Å². The van der Waals surface area contributed by atoms with Crippen LogP contribution in [0.3, 0.4) is 0 Å². The van der Waals surface area contributed by atoms with Gasteiger partial charge in [0.05, 0.1) is 18.3 Å². The third-order valence-corrected chi connectivity index (χ3v) is 7.67. The quantitative estimate of drug-likeness (QED) is 0.737. The number of ketones is 1. The van der Waals surface area contributed by atoms with Crippen molar-refractivity contribution in [2.45, 2.75) is 58.5 Å². The highest BCUT2D eigenvalue weighted by Crippen LogP contribution is 2.65. The van der Waals surface area contributed by atoms with Gasteiger partial charge in [-0.25, -0.2) is 4.79 Å². The molecule has 0 spiro atoms. The van der Waals surface area contributed by atoms with Crippen LogP contribution in [0.5, 0.6) is 0 Å². The summed E-state index contributed by atoms with van der Waals surface area (Å²) < 4.78 is 10.9. The standard InChI is InChI=1S/C20H28O5/c1-19-7-8-25-18(23)16(19)14(22)10-20(2)12-5-4-6-15(24-3)11(12)9-13(21)17(19)20/h11-12,15,17,22H,4-10H2,1-3H3/t11-,12+,15+,17+,19-,20-/m1/s1. The van der Waals surface area contributed by atoms with Crippen LogP contribution in [0.15, 0.2) is 11.3 Å². The smallest absolute Gasteiger partial charge is 0.338 e. The molecular weight excluding hydrogens is 320 g/mol. The monoisotopic (exact) mass is 348 g/mol. The molecule has 1 aliphatic heterocycles. The van der Waals surface area contributed by atoms with Crippen LogP contribution < -0.4 is 0 Å². The molecule has 4 rings (SSSR count). The van der Waals surface area contributed by atoms with E-state index in [1.165, 1.54) is 0 Å². The zero-order valence-corrected chi connectivity index (χ0v) is 15.3. The van der Waals surface area contributed by atoms with Crippen LogP contribution in [-0.2, 0) is 19.1 Å². The minimum atomic E-state index is -0.617. The van der Waals surface area contributed by atoms with Gasteiger partial charge in [-0.15, -0.1) is 0 Å². The molecule has 0 aromatic carbocycles. The molecule has 0 radical (unpaired) electrons. The first kappa shape index (κ1) is 17.1. The van der Waals surface area contributed by atoms with Gasteiger partial charge in [-0.3, -0.25) is 4.79 Å². The summed E-state index contributed by atoms with van der Waals surface area (Å²) >= 11 is 0. The maximum atomic E-state index is 13.3. The molecule has 1 saturated heterocycles. The number of fused-ring (bicyclic) bond motifs is 5. The predicted octanol–water partition coefficient (Wildman–Crippen LogP) is 3.18. The van der Waals surface area contributed by atoms with Gasteiger partial charge >= 0.3 is 5.97 Å². The fourth-order valence-electron chi connectivity index (χ4n) is 6.83. The number of hydrogen-bond donors (Lipinski definition) is 1. The first-order chi connectivity index (χ1) is 11.8. The summed E-state index contributed by atoms with van der Waals surface area (Å²) in [5, 5.41) is 10.8. The molecule has 0 aromatic heterocycles. The second kappa shape index (κ2) is 5.57. The van der Waals surface area contributed by atoms with Gasteiger partial charge in [-0.2, -0.15) is 0 Å². The number of aliphatic hydroxyl groups excluding tert-OH is 1. The summed E-state index contributed by atoms with van der Waals surface area (Å²) in [6, 6.07) is 0. The van der Waals surface area contributed by atoms with Crippen LogP contribution >= 0.6 is 0 Å². The number of ether oxygens (including phenoxy) is 2. The van der Waals surface area contributed by atoms with E-state index in [0.717, 1.165) is 19.3 Å². The van der Waals surface area contributed by atoms with E-state index >= 15 is 0 Å². The molecule has 0 aromatic rings. The van der Waals surface area contributed by atoms with Crippen LogP contribution in [0.2, 0.25) is 0 Å². The van der Waals surface area contributed by atoms with Gasteiger partial charge in [0, 0.05) is 31.3 Å². The largest absolute Gasteiger partial charge is 0.512 e. The van der Waals surface area contributed by atoms with E-state index in [9.17, 15) is 14.7 Å². The summed E-state index contributed by atoms with van der Waals surface area (Å²) in [7, 11) is 1.74. The number of esters is 1. The van der Waals surface area contributed by atoms with Crippen LogP contribution in [0.25, 0.3) is 0 Å². The first-order valence-corrected chi connectivity index (χ1v) is 9.48. The number of carbonyl (C=O) groups excluding carboxylic acids is 2. The zero-order chi connectivity index (χ0) is 18.0. The summed E-state index contributed by atoms with van der Waals surface area (Å²) in [4.78, 5) is 25.7. The molecule has 4 aliphatic rings. The van der Waals surface area contributed by atoms with Gasteiger partial charge in [-0.05, 0) is 36.5 Å². The lowest BCUT2D eigenvalue weighted by Crippen LogP contribution is -2.61. The number of Topliss-reactive ketones (excluding diaryl/α,β-unsaturated/α-hetero) is 1. The molecule has 25 heavy (non-hydrogen) atoms. The molecule has 5 nitrogen and oxygen atoms in total. The van der Waals surface area contributed by atoms with Crippen molar-refractivity contribution in [1.82, 2.24) is 0 Å². The van der Waals surface area contributed by atoms with Gasteiger partial charge in [0.25, 0.3) is 0 Å². The van der Waals surface area contributed by atoms with Crippen LogP contribution in [0.4, 0.5) is 0 Å². The number of allylic oxidation sites excluding steroid dienone is 1. The Morgan fingerprint density at radius 2 is 2.00 bits per heavy atom. The molecule has 1 heterocycles. The minimum absolute atomic E-state index is 0.122. The molecular formula is C20H28O5. The Morgan fingerprint density at radius 3 is 2.72 bits per heavy atom. The van der Waals surface area contributed by atoms with Gasteiger partial charge in [0.1, 0.15) is 11.5 Å². The molecule has 1 N–H and O–H groups in total. The normalized spacial score (nSPS) is 46.8. The summed E-state index contributed by atoms with van der Waals surface area (Å²) in [5.74, 6) is 0.263.